The molecule has 0 aromatic heterocycles. The Labute approximate surface area is 81.3 Å². The third-order valence-corrected chi connectivity index (χ3v) is 2.40. The van der Waals surface area contributed by atoms with Crippen LogP contribution in [-0.4, -0.2) is 12.7 Å². The van der Waals surface area contributed by atoms with Gasteiger partial charge in [-0.2, -0.15) is 0 Å². The van der Waals surface area contributed by atoms with E-state index in [0.717, 1.165) is 23.1 Å². The molecule has 2 N–H and O–H groups in total. The van der Waals surface area contributed by atoms with Gasteiger partial charge in [0.2, 0.25) is 6.41 Å². The molecule has 0 saturated heterocycles. The number of rotatable bonds is 3. The Morgan fingerprint density at radius 3 is 3.00 bits per heavy atom. The second kappa shape index (κ2) is 3.59. The minimum atomic E-state index is -0.238. The maximum atomic E-state index is 10.7. The quantitative estimate of drug-likeness (QED) is 0.686. The summed E-state index contributed by atoms with van der Waals surface area (Å²) in [7, 11) is 0. The molecule has 0 bridgehead atoms. The van der Waals surface area contributed by atoms with Gasteiger partial charge in [0, 0.05) is 12.2 Å². The van der Waals surface area contributed by atoms with Crippen LogP contribution in [0, 0.1) is 0 Å². The van der Waals surface area contributed by atoms with E-state index in [2.05, 4.69) is 10.6 Å². The van der Waals surface area contributed by atoms with Gasteiger partial charge in [-0.15, -0.1) is 0 Å². The van der Waals surface area contributed by atoms with Crippen molar-refractivity contribution in [2.24, 2.45) is 0 Å². The van der Waals surface area contributed by atoms with Crippen LogP contribution in [0.1, 0.15) is 17.2 Å². The Bertz CT molecular complexity index is 376. The first-order chi connectivity index (χ1) is 6.86. The van der Waals surface area contributed by atoms with Crippen LogP contribution in [0.15, 0.2) is 18.2 Å². The van der Waals surface area contributed by atoms with Crippen molar-refractivity contribution in [2.75, 3.05) is 5.32 Å². The Morgan fingerprint density at radius 1 is 1.43 bits per heavy atom. The van der Waals surface area contributed by atoms with Crippen molar-refractivity contribution < 1.29 is 9.59 Å². The van der Waals surface area contributed by atoms with Crippen LogP contribution in [0.2, 0.25) is 0 Å². The second-order valence-corrected chi connectivity index (χ2v) is 3.13. The van der Waals surface area contributed by atoms with Crippen LogP contribution >= 0.6 is 0 Å². The average molecular weight is 190 g/mol. The maximum absolute atomic E-state index is 10.7. The van der Waals surface area contributed by atoms with Crippen molar-refractivity contribution in [1.29, 1.82) is 0 Å². The Balaban J connectivity index is 2.43. The molecule has 0 saturated carbocycles. The van der Waals surface area contributed by atoms with Crippen molar-refractivity contribution in [2.45, 2.75) is 12.6 Å². The average Bonchev–Trinajstić information content (AvgIpc) is 2.62. The number of amides is 1. The third-order valence-electron chi connectivity index (χ3n) is 2.40. The highest BCUT2D eigenvalue weighted by atomic mass is 16.1. The summed E-state index contributed by atoms with van der Waals surface area (Å²) >= 11 is 0. The summed E-state index contributed by atoms with van der Waals surface area (Å²) in [6.07, 6.45) is 1.51. The molecule has 0 radical (unpaired) electrons. The van der Waals surface area contributed by atoms with E-state index >= 15 is 0 Å². The van der Waals surface area contributed by atoms with Crippen LogP contribution < -0.4 is 10.6 Å². The molecule has 1 amide bonds. The van der Waals surface area contributed by atoms with Gasteiger partial charge in [-0.05, 0) is 17.2 Å². The molecule has 1 aromatic carbocycles. The van der Waals surface area contributed by atoms with Gasteiger partial charge in [0.15, 0.2) is 0 Å². The smallest absolute Gasteiger partial charge is 0.211 e. The van der Waals surface area contributed by atoms with Gasteiger partial charge in [-0.3, -0.25) is 10.1 Å². The number of nitrogens with one attached hydrogen (secondary N) is 2. The lowest BCUT2D eigenvalue weighted by Gasteiger charge is -2.06. The van der Waals surface area contributed by atoms with Gasteiger partial charge in [-0.1, -0.05) is 12.1 Å². The fourth-order valence-electron chi connectivity index (χ4n) is 1.74. The molecule has 0 aliphatic carbocycles. The molecule has 1 unspecified atom stereocenters. The van der Waals surface area contributed by atoms with Crippen molar-refractivity contribution in [3.63, 3.8) is 0 Å². The van der Waals surface area contributed by atoms with E-state index in [1.165, 1.54) is 0 Å². The largest absolute Gasteiger partial charge is 0.328 e. The molecule has 1 atom stereocenters. The van der Waals surface area contributed by atoms with Gasteiger partial charge in [0.25, 0.3) is 0 Å². The van der Waals surface area contributed by atoms with E-state index in [0.29, 0.717) is 13.0 Å². The minimum absolute atomic E-state index is 0.238. The third kappa shape index (κ3) is 1.29. The SMILES string of the molecule is O=CNc1cccc2c1CNC2C=O. The highest BCUT2D eigenvalue weighted by Gasteiger charge is 2.22. The predicted molar refractivity (Wildman–Crippen MR) is 51.8 cm³/mol. The van der Waals surface area contributed by atoms with Gasteiger partial charge in [0.1, 0.15) is 6.29 Å². The molecule has 0 spiro atoms. The lowest BCUT2D eigenvalue weighted by molar-refractivity contribution is -0.109. The van der Waals surface area contributed by atoms with Gasteiger partial charge in [0.05, 0.1) is 6.04 Å². The fourth-order valence-corrected chi connectivity index (χ4v) is 1.74. The Morgan fingerprint density at radius 2 is 2.29 bits per heavy atom. The monoisotopic (exact) mass is 190 g/mol. The maximum Gasteiger partial charge on any atom is 0.211 e. The predicted octanol–water partition coefficient (Wildman–Crippen LogP) is 0.598. The van der Waals surface area contributed by atoms with Crippen LogP contribution in [0.4, 0.5) is 5.69 Å². The molecule has 4 nitrogen and oxygen atoms in total. The number of aldehydes is 1. The highest BCUT2D eigenvalue weighted by molar-refractivity contribution is 5.76. The van der Waals surface area contributed by atoms with Crippen LogP contribution in [0.25, 0.3) is 0 Å². The summed E-state index contributed by atoms with van der Waals surface area (Å²) in [6, 6.07) is 5.30. The zero-order chi connectivity index (χ0) is 9.97. The highest BCUT2D eigenvalue weighted by Crippen LogP contribution is 2.29. The van der Waals surface area contributed by atoms with Crippen molar-refractivity contribution in [3.05, 3.63) is 29.3 Å². The lowest BCUT2D eigenvalue weighted by Crippen LogP contribution is -2.12. The molecule has 14 heavy (non-hydrogen) atoms. The minimum Gasteiger partial charge on any atom is -0.328 e. The summed E-state index contributed by atoms with van der Waals surface area (Å²) in [6.45, 7) is 0.621. The molecule has 1 aliphatic heterocycles. The Kier molecular flexibility index (Phi) is 2.28. The number of carbonyl (C=O) groups is 2. The summed E-state index contributed by atoms with van der Waals surface area (Å²) in [5.74, 6) is 0. The van der Waals surface area contributed by atoms with Crippen molar-refractivity contribution in [1.82, 2.24) is 5.32 Å². The van der Waals surface area contributed by atoms with Gasteiger partial charge in [-0.25, -0.2) is 0 Å². The lowest BCUT2D eigenvalue weighted by atomic mass is 10.0. The first kappa shape index (κ1) is 8.90. The molecule has 1 aliphatic rings. The number of benzene rings is 1. The Hall–Kier alpha value is -1.68. The van der Waals surface area contributed by atoms with E-state index in [9.17, 15) is 9.59 Å². The van der Waals surface area contributed by atoms with Crippen molar-refractivity contribution in [3.8, 4) is 0 Å². The molecule has 0 fully saturated rings. The first-order valence-corrected chi connectivity index (χ1v) is 4.37. The number of carbonyl (C=O) groups excluding carboxylic acids is 2. The zero-order valence-electron chi connectivity index (χ0n) is 7.49. The second-order valence-electron chi connectivity index (χ2n) is 3.13. The topological polar surface area (TPSA) is 58.2 Å². The fraction of sp³-hybridized carbons (Fsp3) is 0.200. The van der Waals surface area contributed by atoms with Gasteiger partial charge >= 0.3 is 0 Å². The summed E-state index contributed by atoms with van der Waals surface area (Å²) in [4.78, 5) is 21.0. The summed E-state index contributed by atoms with van der Waals surface area (Å²) in [5.41, 5.74) is 2.72. The van der Waals surface area contributed by atoms with E-state index < -0.39 is 0 Å². The molecular formula is C10H10N2O2. The van der Waals surface area contributed by atoms with Crippen molar-refractivity contribution >= 4 is 18.4 Å². The summed E-state index contributed by atoms with van der Waals surface area (Å²) in [5, 5.41) is 5.66. The normalized spacial score (nSPS) is 18.7. The van der Waals surface area contributed by atoms with E-state index in [1.807, 2.05) is 18.2 Å². The van der Waals surface area contributed by atoms with Crippen LogP contribution in [0.3, 0.4) is 0 Å². The number of hydrogen-bond acceptors (Lipinski definition) is 3. The van der Waals surface area contributed by atoms with Gasteiger partial charge < -0.3 is 10.1 Å². The van der Waals surface area contributed by atoms with Crippen LogP contribution in [-0.2, 0) is 16.1 Å². The molecular weight excluding hydrogens is 180 g/mol. The number of anilines is 1. The summed E-state index contributed by atoms with van der Waals surface area (Å²) < 4.78 is 0. The molecule has 4 heteroatoms. The van der Waals surface area contributed by atoms with E-state index in [4.69, 9.17) is 0 Å². The van der Waals surface area contributed by atoms with E-state index in [1.54, 1.807) is 0 Å². The molecule has 2 rings (SSSR count). The van der Waals surface area contributed by atoms with Crippen LogP contribution in [0.5, 0.6) is 0 Å². The number of fused-ring (bicyclic) bond motifs is 1. The zero-order valence-corrected chi connectivity index (χ0v) is 7.49. The molecule has 72 valence electrons. The molecule has 1 aromatic rings. The standard InChI is InChI=1S/C10H10N2O2/c13-5-10-7-2-1-3-9(12-6-14)8(7)4-11-10/h1-3,5-6,10-11H,4H2,(H,12,14). The first-order valence-electron chi connectivity index (χ1n) is 4.37. The van der Waals surface area contributed by atoms with E-state index in [-0.39, 0.29) is 6.04 Å². The number of hydrogen-bond donors (Lipinski definition) is 2. The molecule has 1 heterocycles.